The minimum atomic E-state index is -0.214. The molecular weight excluding hydrogens is 478 g/mol. The summed E-state index contributed by atoms with van der Waals surface area (Å²) in [6, 6.07) is 4.02. The largest absolute Gasteiger partial charge is 0.447 e. The Balaban J connectivity index is 1.23. The Morgan fingerprint density at radius 3 is 2.75 bits per heavy atom. The highest BCUT2D eigenvalue weighted by Crippen LogP contribution is 2.43. The maximum absolute atomic E-state index is 12.9. The van der Waals surface area contributed by atoms with Crippen molar-refractivity contribution in [3.63, 3.8) is 0 Å². The lowest BCUT2D eigenvalue weighted by Crippen LogP contribution is -2.52. The van der Waals surface area contributed by atoms with Crippen molar-refractivity contribution in [2.24, 2.45) is 0 Å². The number of ether oxygens (including phenoxy) is 1. The Morgan fingerprint density at radius 2 is 2.00 bits per heavy atom. The summed E-state index contributed by atoms with van der Waals surface area (Å²) >= 11 is 1.49. The zero-order valence-electron chi connectivity index (χ0n) is 20.4. The molecule has 3 aromatic heterocycles. The van der Waals surface area contributed by atoms with Crippen LogP contribution in [0, 0.1) is 0 Å². The number of anilines is 3. The van der Waals surface area contributed by atoms with Gasteiger partial charge in [-0.1, -0.05) is 12.8 Å². The number of rotatable bonds is 5. The number of carbonyl (C=O) groups is 2. The van der Waals surface area contributed by atoms with Crippen LogP contribution in [0.5, 0.6) is 0 Å². The van der Waals surface area contributed by atoms with Crippen LogP contribution in [0.2, 0.25) is 0 Å². The number of hydrogen-bond acceptors (Lipinski definition) is 9. The number of amides is 2. The predicted octanol–water partition coefficient (Wildman–Crippen LogP) is 3.83. The average Bonchev–Trinajstić information content (AvgIpc) is 3.62. The van der Waals surface area contributed by atoms with Gasteiger partial charge < -0.3 is 19.9 Å². The lowest BCUT2D eigenvalue weighted by Gasteiger charge is -2.36. The number of pyridine rings is 1. The second-order valence-electron chi connectivity index (χ2n) is 9.83. The molecule has 10 nitrogen and oxygen atoms in total. The van der Waals surface area contributed by atoms with Crippen LogP contribution in [-0.4, -0.2) is 83.1 Å². The number of nitrogens with zero attached hydrogens (tertiary/aromatic N) is 6. The van der Waals surface area contributed by atoms with E-state index in [4.69, 9.17) is 9.72 Å². The number of cyclic esters (lactones) is 1. The van der Waals surface area contributed by atoms with Crippen molar-refractivity contribution in [3.8, 4) is 0 Å². The van der Waals surface area contributed by atoms with Gasteiger partial charge in [-0.3, -0.25) is 9.69 Å². The van der Waals surface area contributed by atoms with Crippen molar-refractivity contribution in [2.75, 3.05) is 50.6 Å². The number of aromatic nitrogens is 3. The maximum Gasteiger partial charge on any atom is 0.410 e. The Morgan fingerprint density at radius 1 is 1.17 bits per heavy atom. The highest BCUT2D eigenvalue weighted by Gasteiger charge is 2.37. The average molecular weight is 508 g/mol. The van der Waals surface area contributed by atoms with Gasteiger partial charge in [0.25, 0.3) is 5.91 Å². The first-order valence-electron chi connectivity index (χ1n) is 12.4. The maximum atomic E-state index is 12.9. The molecule has 0 radical (unpaired) electrons. The summed E-state index contributed by atoms with van der Waals surface area (Å²) in [6.45, 7) is 2.57. The predicted molar refractivity (Wildman–Crippen MR) is 138 cm³/mol. The van der Waals surface area contributed by atoms with Crippen LogP contribution in [0.15, 0.2) is 24.5 Å². The van der Waals surface area contributed by atoms with Gasteiger partial charge in [-0.15, -0.1) is 11.3 Å². The third-order valence-corrected chi connectivity index (χ3v) is 8.42. The van der Waals surface area contributed by atoms with E-state index in [0.717, 1.165) is 52.3 Å². The van der Waals surface area contributed by atoms with Gasteiger partial charge in [-0.2, -0.15) is 0 Å². The van der Waals surface area contributed by atoms with Gasteiger partial charge in [-0.25, -0.2) is 19.7 Å². The molecule has 36 heavy (non-hydrogen) atoms. The van der Waals surface area contributed by atoms with Gasteiger partial charge in [0.15, 0.2) is 0 Å². The number of fused-ring (bicyclic) bond motifs is 2. The van der Waals surface area contributed by atoms with Gasteiger partial charge in [0.2, 0.25) is 5.95 Å². The number of carbonyl (C=O) groups excluding carboxylic acids is 2. The SMILES string of the molecule is CN(C)C(=O)c1sc2cnc(Nc3ccc(N4CCN5C(=O)OCC5C4)cn3)nc2c1C1CCCC1. The van der Waals surface area contributed by atoms with Gasteiger partial charge >= 0.3 is 6.09 Å². The second kappa shape index (κ2) is 9.20. The summed E-state index contributed by atoms with van der Waals surface area (Å²) in [7, 11) is 3.58. The lowest BCUT2D eigenvalue weighted by molar-refractivity contribution is 0.0831. The van der Waals surface area contributed by atoms with E-state index in [0.29, 0.717) is 30.8 Å². The third-order valence-electron chi connectivity index (χ3n) is 7.30. The number of piperazine rings is 1. The fourth-order valence-electron chi connectivity index (χ4n) is 5.41. The zero-order chi connectivity index (χ0) is 24.8. The molecule has 1 atom stereocenters. The Hall–Kier alpha value is -3.47. The normalized spacial score (nSPS) is 20.1. The molecule has 3 aromatic rings. The fourth-order valence-corrected chi connectivity index (χ4v) is 6.63. The van der Waals surface area contributed by atoms with E-state index >= 15 is 0 Å². The number of thiophene rings is 1. The first kappa shape index (κ1) is 23.0. The molecule has 3 aliphatic rings. The monoisotopic (exact) mass is 507 g/mol. The molecular formula is C25H29N7O3S. The van der Waals surface area contributed by atoms with Gasteiger partial charge in [0, 0.05) is 39.3 Å². The van der Waals surface area contributed by atoms with E-state index in [1.165, 1.54) is 24.2 Å². The van der Waals surface area contributed by atoms with Gasteiger partial charge in [-0.05, 0) is 30.9 Å². The fraction of sp³-hybridized carbons (Fsp3) is 0.480. The molecule has 5 heterocycles. The molecule has 1 N–H and O–H groups in total. The molecule has 0 aromatic carbocycles. The molecule has 6 rings (SSSR count). The van der Waals surface area contributed by atoms with Crippen molar-refractivity contribution in [2.45, 2.75) is 37.6 Å². The molecule has 2 aliphatic heterocycles. The second-order valence-corrected chi connectivity index (χ2v) is 10.9. The molecule has 1 saturated carbocycles. The minimum absolute atomic E-state index is 0.0287. The Labute approximate surface area is 213 Å². The van der Waals surface area contributed by atoms with Crippen molar-refractivity contribution in [3.05, 3.63) is 35.0 Å². The van der Waals surface area contributed by atoms with E-state index in [-0.39, 0.29) is 18.0 Å². The zero-order valence-corrected chi connectivity index (χ0v) is 21.3. The van der Waals surface area contributed by atoms with E-state index in [9.17, 15) is 9.59 Å². The van der Waals surface area contributed by atoms with E-state index in [1.54, 1.807) is 30.1 Å². The van der Waals surface area contributed by atoms with Gasteiger partial charge in [0.05, 0.1) is 39.2 Å². The van der Waals surface area contributed by atoms with Crippen LogP contribution in [0.3, 0.4) is 0 Å². The summed E-state index contributed by atoms with van der Waals surface area (Å²) in [4.78, 5) is 45.1. The topological polar surface area (TPSA) is 104 Å². The third kappa shape index (κ3) is 4.11. The molecule has 2 amide bonds. The van der Waals surface area contributed by atoms with Crippen molar-refractivity contribution in [1.82, 2.24) is 24.8 Å². The van der Waals surface area contributed by atoms with Gasteiger partial charge in [0.1, 0.15) is 12.4 Å². The van der Waals surface area contributed by atoms with Crippen molar-refractivity contribution < 1.29 is 14.3 Å². The Bertz CT molecular complexity index is 1300. The highest BCUT2D eigenvalue weighted by molar-refractivity contribution is 7.21. The highest BCUT2D eigenvalue weighted by atomic mass is 32.1. The molecule has 2 saturated heterocycles. The first-order chi connectivity index (χ1) is 17.5. The van der Waals surface area contributed by atoms with Crippen LogP contribution in [0.25, 0.3) is 10.2 Å². The quantitative estimate of drug-likeness (QED) is 0.556. The lowest BCUT2D eigenvalue weighted by atomic mass is 9.96. The van der Waals surface area contributed by atoms with E-state index in [2.05, 4.69) is 20.2 Å². The van der Waals surface area contributed by atoms with Crippen molar-refractivity contribution in [1.29, 1.82) is 0 Å². The standard InChI is InChI=1S/C25H29N7O3S/c1-30(2)23(33)22-20(15-5-3-4-6-15)21-18(36-22)12-27-24(29-21)28-19-8-7-16(11-26-19)31-9-10-32-17(13-31)14-35-25(32)34/h7-8,11-12,15,17H,3-6,9-10,13-14H2,1-2H3,(H,26,27,28,29). The van der Waals surface area contributed by atoms with Crippen LogP contribution < -0.4 is 10.2 Å². The summed E-state index contributed by atoms with van der Waals surface area (Å²) in [5.74, 6) is 1.51. The van der Waals surface area contributed by atoms with Crippen LogP contribution in [0.1, 0.15) is 46.8 Å². The van der Waals surface area contributed by atoms with E-state index < -0.39 is 0 Å². The minimum Gasteiger partial charge on any atom is -0.447 e. The smallest absolute Gasteiger partial charge is 0.410 e. The molecule has 3 fully saturated rings. The molecule has 0 spiro atoms. The number of hydrogen-bond donors (Lipinski definition) is 1. The number of nitrogens with one attached hydrogen (secondary N) is 1. The van der Waals surface area contributed by atoms with Crippen LogP contribution >= 0.6 is 11.3 Å². The summed E-state index contributed by atoms with van der Waals surface area (Å²) < 4.78 is 6.10. The van der Waals surface area contributed by atoms with Crippen molar-refractivity contribution >= 4 is 51.0 Å². The first-order valence-corrected chi connectivity index (χ1v) is 13.2. The summed E-state index contributed by atoms with van der Waals surface area (Å²) in [6.07, 6.45) is 7.96. The molecule has 1 aliphatic carbocycles. The molecule has 11 heteroatoms. The molecule has 1 unspecified atom stereocenters. The summed E-state index contributed by atoms with van der Waals surface area (Å²) in [5, 5.41) is 3.23. The summed E-state index contributed by atoms with van der Waals surface area (Å²) in [5.41, 5.74) is 2.95. The van der Waals surface area contributed by atoms with Crippen LogP contribution in [-0.2, 0) is 4.74 Å². The molecule has 188 valence electrons. The van der Waals surface area contributed by atoms with Crippen LogP contribution in [0.4, 0.5) is 22.2 Å². The molecule has 0 bridgehead atoms. The Kier molecular flexibility index (Phi) is 5.87. The van der Waals surface area contributed by atoms with E-state index in [1.807, 2.05) is 18.3 Å².